The minimum Gasteiger partial charge on any atom is -0.388 e. The van der Waals surface area contributed by atoms with Gasteiger partial charge in [0.15, 0.2) is 5.00 Å². The van der Waals surface area contributed by atoms with Crippen molar-refractivity contribution in [3.63, 3.8) is 0 Å². The molecule has 1 aromatic rings. The van der Waals surface area contributed by atoms with Crippen LogP contribution in [0.3, 0.4) is 0 Å². The summed E-state index contributed by atoms with van der Waals surface area (Å²) in [7, 11) is 3.48. The zero-order valence-electron chi connectivity index (χ0n) is 8.22. The molecule has 0 saturated heterocycles. The van der Waals surface area contributed by atoms with Crippen LogP contribution in [0.1, 0.15) is 17.9 Å². The van der Waals surface area contributed by atoms with Gasteiger partial charge in [0.05, 0.1) is 11.0 Å². The third kappa shape index (κ3) is 2.02. The number of thiophene rings is 1. The minimum absolute atomic E-state index is 0.0518. The Kier molecular flexibility index (Phi) is 3.07. The summed E-state index contributed by atoms with van der Waals surface area (Å²) in [6.07, 6.45) is -0.660. The van der Waals surface area contributed by atoms with Crippen molar-refractivity contribution < 1.29 is 10.0 Å². The van der Waals surface area contributed by atoms with E-state index in [9.17, 15) is 15.2 Å². The lowest BCUT2D eigenvalue weighted by molar-refractivity contribution is -0.383. The molecule has 14 heavy (non-hydrogen) atoms. The molecule has 6 heteroatoms. The first kappa shape index (κ1) is 10.9. The number of hydrogen-bond donors (Lipinski definition) is 1. The van der Waals surface area contributed by atoms with Crippen molar-refractivity contribution >= 4 is 22.0 Å². The van der Waals surface area contributed by atoms with Crippen molar-refractivity contribution in [3.8, 4) is 0 Å². The summed E-state index contributed by atoms with van der Waals surface area (Å²) in [5, 5.41) is 20.5. The van der Waals surface area contributed by atoms with Crippen LogP contribution in [-0.2, 0) is 0 Å². The quantitative estimate of drug-likeness (QED) is 0.617. The lowest BCUT2D eigenvalue weighted by Gasteiger charge is -2.07. The maximum absolute atomic E-state index is 10.7. The fourth-order valence-electron chi connectivity index (χ4n) is 1.05. The lowest BCUT2D eigenvalue weighted by Crippen LogP contribution is -2.08. The topological polar surface area (TPSA) is 66.6 Å². The van der Waals surface area contributed by atoms with Gasteiger partial charge in [-0.2, -0.15) is 0 Å². The monoisotopic (exact) mass is 216 g/mol. The van der Waals surface area contributed by atoms with E-state index in [4.69, 9.17) is 0 Å². The molecule has 1 atom stereocenters. The van der Waals surface area contributed by atoms with Crippen LogP contribution in [0.25, 0.3) is 0 Å². The molecule has 0 spiro atoms. The molecule has 0 aliphatic heterocycles. The van der Waals surface area contributed by atoms with E-state index in [-0.39, 0.29) is 5.69 Å². The van der Waals surface area contributed by atoms with Crippen molar-refractivity contribution in [2.75, 3.05) is 19.0 Å². The molecular formula is C8H12N2O3S. The summed E-state index contributed by atoms with van der Waals surface area (Å²) in [6, 6.07) is 1.42. The Labute approximate surface area is 85.7 Å². The Morgan fingerprint density at radius 3 is 2.50 bits per heavy atom. The van der Waals surface area contributed by atoms with Crippen molar-refractivity contribution in [1.29, 1.82) is 0 Å². The second-order valence-corrected chi connectivity index (χ2v) is 4.23. The van der Waals surface area contributed by atoms with Crippen molar-refractivity contribution in [1.82, 2.24) is 0 Å². The van der Waals surface area contributed by atoms with Gasteiger partial charge in [0.25, 0.3) is 0 Å². The fraction of sp³-hybridized carbons (Fsp3) is 0.500. The highest BCUT2D eigenvalue weighted by atomic mass is 32.1. The molecule has 0 bridgehead atoms. The smallest absolute Gasteiger partial charge is 0.304 e. The second-order valence-electron chi connectivity index (χ2n) is 3.17. The van der Waals surface area contributed by atoms with E-state index in [1.54, 1.807) is 25.9 Å². The van der Waals surface area contributed by atoms with Crippen LogP contribution >= 0.6 is 11.3 Å². The number of nitro groups is 1. The Hall–Kier alpha value is -1.14. The minimum atomic E-state index is -0.660. The average molecular weight is 216 g/mol. The van der Waals surface area contributed by atoms with Gasteiger partial charge in [-0.25, -0.2) is 0 Å². The summed E-state index contributed by atoms with van der Waals surface area (Å²) < 4.78 is 0. The van der Waals surface area contributed by atoms with Gasteiger partial charge in [-0.3, -0.25) is 10.1 Å². The standard InChI is InChI=1S/C8H12N2O3S/c1-5(11)7-4-6(10(12)13)8(14-7)9(2)3/h4-5,11H,1-3H3. The summed E-state index contributed by atoms with van der Waals surface area (Å²) in [4.78, 5) is 12.5. The van der Waals surface area contributed by atoms with Gasteiger partial charge in [-0.15, -0.1) is 11.3 Å². The Bertz CT molecular complexity index is 346. The number of anilines is 1. The molecule has 1 rings (SSSR count). The number of nitrogens with zero attached hydrogens (tertiary/aromatic N) is 2. The van der Waals surface area contributed by atoms with Crippen molar-refractivity contribution in [3.05, 3.63) is 21.1 Å². The van der Waals surface area contributed by atoms with Gasteiger partial charge in [-0.1, -0.05) is 0 Å². The third-order valence-electron chi connectivity index (χ3n) is 1.73. The molecule has 0 amide bonds. The van der Waals surface area contributed by atoms with Gasteiger partial charge in [0.1, 0.15) is 0 Å². The Morgan fingerprint density at radius 2 is 2.21 bits per heavy atom. The van der Waals surface area contributed by atoms with E-state index in [1.807, 2.05) is 0 Å². The molecule has 0 radical (unpaired) electrons. The van der Waals surface area contributed by atoms with Crippen molar-refractivity contribution in [2.24, 2.45) is 0 Å². The van der Waals surface area contributed by atoms with Crippen LogP contribution in [0.5, 0.6) is 0 Å². The molecular weight excluding hydrogens is 204 g/mol. The molecule has 1 unspecified atom stereocenters. The molecule has 0 saturated carbocycles. The highest BCUT2D eigenvalue weighted by Crippen LogP contribution is 2.38. The van der Waals surface area contributed by atoms with E-state index < -0.39 is 11.0 Å². The predicted octanol–water partition coefficient (Wildman–Crippen LogP) is 1.78. The van der Waals surface area contributed by atoms with Gasteiger partial charge in [-0.05, 0) is 6.92 Å². The largest absolute Gasteiger partial charge is 0.388 e. The summed E-state index contributed by atoms with van der Waals surface area (Å²) >= 11 is 1.24. The van der Waals surface area contributed by atoms with Gasteiger partial charge in [0, 0.05) is 25.0 Å². The Morgan fingerprint density at radius 1 is 1.64 bits per heavy atom. The molecule has 5 nitrogen and oxygen atoms in total. The summed E-state index contributed by atoms with van der Waals surface area (Å²) in [5.41, 5.74) is 0.0518. The van der Waals surface area contributed by atoms with Crippen LogP contribution in [-0.4, -0.2) is 24.1 Å². The van der Waals surface area contributed by atoms with Crippen LogP contribution in [0.15, 0.2) is 6.07 Å². The summed E-state index contributed by atoms with van der Waals surface area (Å²) in [5.74, 6) is 0. The number of rotatable bonds is 3. The van der Waals surface area contributed by atoms with E-state index in [2.05, 4.69) is 0 Å². The number of aliphatic hydroxyl groups is 1. The van der Waals surface area contributed by atoms with E-state index in [0.29, 0.717) is 9.88 Å². The second kappa shape index (κ2) is 3.93. The van der Waals surface area contributed by atoms with Crippen molar-refractivity contribution in [2.45, 2.75) is 13.0 Å². The van der Waals surface area contributed by atoms with E-state index in [0.717, 1.165) is 0 Å². The molecule has 1 N–H and O–H groups in total. The average Bonchev–Trinajstić information content (AvgIpc) is 2.47. The SMILES string of the molecule is CC(O)c1cc([N+](=O)[O-])c(N(C)C)s1. The first-order chi connectivity index (χ1) is 6.43. The predicted molar refractivity (Wildman–Crippen MR) is 55.9 cm³/mol. The number of hydrogen-bond acceptors (Lipinski definition) is 5. The molecule has 0 aliphatic rings. The van der Waals surface area contributed by atoms with Gasteiger partial charge < -0.3 is 10.0 Å². The highest BCUT2D eigenvalue weighted by Gasteiger charge is 2.21. The maximum atomic E-state index is 10.7. The van der Waals surface area contributed by atoms with Gasteiger partial charge >= 0.3 is 5.69 Å². The zero-order valence-corrected chi connectivity index (χ0v) is 9.04. The zero-order chi connectivity index (χ0) is 10.9. The van der Waals surface area contributed by atoms with Crippen LogP contribution in [0.4, 0.5) is 10.7 Å². The van der Waals surface area contributed by atoms with Gasteiger partial charge in [0.2, 0.25) is 0 Å². The Balaban J connectivity index is 3.19. The molecule has 78 valence electrons. The fourth-order valence-corrected chi connectivity index (χ4v) is 2.03. The normalized spacial score (nSPS) is 12.6. The molecule has 1 heterocycles. The molecule has 1 aromatic heterocycles. The van der Waals surface area contributed by atoms with Crippen LogP contribution in [0.2, 0.25) is 0 Å². The summed E-state index contributed by atoms with van der Waals surface area (Å²) in [6.45, 7) is 1.59. The first-order valence-corrected chi connectivity index (χ1v) is 4.88. The third-order valence-corrected chi connectivity index (χ3v) is 3.19. The van der Waals surface area contributed by atoms with E-state index >= 15 is 0 Å². The maximum Gasteiger partial charge on any atom is 0.304 e. The highest BCUT2D eigenvalue weighted by molar-refractivity contribution is 7.16. The lowest BCUT2D eigenvalue weighted by atomic mass is 10.3. The molecule has 0 aromatic carbocycles. The van der Waals surface area contributed by atoms with Crippen LogP contribution < -0.4 is 4.90 Å². The van der Waals surface area contributed by atoms with E-state index in [1.165, 1.54) is 17.4 Å². The first-order valence-electron chi connectivity index (χ1n) is 4.07. The molecule has 0 aliphatic carbocycles. The number of aliphatic hydroxyl groups excluding tert-OH is 1. The molecule has 0 fully saturated rings. The van der Waals surface area contributed by atoms with Crippen LogP contribution in [0, 0.1) is 10.1 Å².